The highest BCUT2D eigenvalue weighted by Gasteiger charge is 2.16. The number of nitrogens with zero attached hydrogens (tertiary/aromatic N) is 2. The van der Waals surface area contributed by atoms with Gasteiger partial charge in [-0.05, 0) is 43.3 Å². The number of imidazole rings is 1. The van der Waals surface area contributed by atoms with Gasteiger partial charge in [0.1, 0.15) is 5.82 Å². The van der Waals surface area contributed by atoms with Crippen molar-refractivity contribution in [3.05, 3.63) is 78.1 Å². The first kappa shape index (κ1) is 17.3. The summed E-state index contributed by atoms with van der Waals surface area (Å²) in [5.74, 6) is -1.54. The van der Waals surface area contributed by atoms with Gasteiger partial charge in [0.2, 0.25) is 0 Å². The number of amides is 1. The van der Waals surface area contributed by atoms with Crippen LogP contribution in [0.2, 0.25) is 0 Å². The maximum Gasteiger partial charge on any atom is 0.357 e. The Kier molecular flexibility index (Phi) is 5.07. The summed E-state index contributed by atoms with van der Waals surface area (Å²) in [4.78, 5) is 28.1. The van der Waals surface area contributed by atoms with Crippen LogP contribution in [0.15, 0.2) is 61.1 Å². The van der Waals surface area contributed by atoms with Gasteiger partial charge in [-0.25, -0.2) is 14.2 Å². The average Bonchev–Trinajstić information content (AvgIpc) is 3.12. The quantitative estimate of drug-likeness (QED) is 0.715. The topological polar surface area (TPSA) is 73.2 Å². The van der Waals surface area contributed by atoms with E-state index in [1.165, 1.54) is 41.4 Å². The van der Waals surface area contributed by atoms with E-state index in [1.807, 2.05) is 19.1 Å². The summed E-state index contributed by atoms with van der Waals surface area (Å²) in [7, 11) is 0. The molecule has 2 aromatic carbocycles. The summed E-state index contributed by atoms with van der Waals surface area (Å²) in [6.07, 6.45) is 2.74. The summed E-state index contributed by atoms with van der Waals surface area (Å²) >= 11 is 0. The van der Waals surface area contributed by atoms with Crippen LogP contribution in [0.25, 0.3) is 5.69 Å². The SMILES string of the molecule is Cc1ccc(NC(=O)COC(=O)c2cncn2-c2ccc(F)cc2)cc1. The summed E-state index contributed by atoms with van der Waals surface area (Å²) in [5, 5.41) is 2.64. The van der Waals surface area contributed by atoms with Crippen molar-refractivity contribution in [1.29, 1.82) is 0 Å². The molecule has 0 atom stereocenters. The lowest BCUT2D eigenvalue weighted by atomic mass is 10.2. The van der Waals surface area contributed by atoms with Crippen LogP contribution in [0.1, 0.15) is 16.1 Å². The summed E-state index contributed by atoms with van der Waals surface area (Å²) in [6, 6.07) is 12.8. The molecule has 7 heteroatoms. The van der Waals surface area contributed by atoms with Crippen LogP contribution in [-0.2, 0) is 9.53 Å². The number of carbonyl (C=O) groups excluding carboxylic acids is 2. The maximum absolute atomic E-state index is 13.0. The van der Waals surface area contributed by atoms with Crippen molar-refractivity contribution in [3.63, 3.8) is 0 Å². The second-order valence-electron chi connectivity index (χ2n) is 5.62. The zero-order chi connectivity index (χ0) is 18.5. The van der Waals surface area contributed by atoms with Gasteiger partial charge in [0.05, 0.1) is 12.5 Å². The number of esters is 1. The number of benzene rings is 2. The molecule has 0 fully saturated rings. The Labute approximate surface area is 149 Å². The summed E-state index contributed by atoms with van der Waals surface area (Å²) in [5.41, 5.74) is 2.39. The normalized spacial score (nSPS) is 10.4. The fourth-order valence-corrected chi connectivity index (χ4v) is 2.29. The van der Waals surface area contributed by atoms with Gasteiger partial charge in [0, 0.05) is 11.4 Å². The van der Waals surface area contributed by atoms with Crippen LogP contribution in [0.4, 0.5) is 10.1 Å². The van der Waals surface area contributed by atoms with Crippen LogP contribution in [0.5, 0.6) is 0 Å². The molecule has 0 bridgehead atoms. The molecule has 132 valence electrons. The van der Waals surface area contributed by atoms with Crippen LogP contribution >= 0.6 is 0 Å². The van der Waals surface area contributed by atoms with E-state index in [-0.39, 0.29) is 11.5 Å². The van der Waals surface area contributed by atoms with Crippen molar-refractivity contribution >= 4 is 17.6 Å². The van der Waals surface area contributed by atoms with Gasteiger partial charge in [0.25, 0.3) is 5.91 Å². The number of rotatable bonds is 5. The molecule has 6 nitrogen and oxygen atoms in total. The predicted octanol–water partition coefficient (Wildman–Crippen LogP) is 3.12. The fourth-order valence-electron chi connectivity index (χ4n) is 2.29. The molecule has 0 aliphatic rings. The van der Waals surface area contributed by atoms with E-state index >= 15 is 0 Å². The second-order valence-corrected chi connectivity index (χ2v) is 5.62. The number of carbonyl (C=O) groups is 2. The minimum atomic E-state index is -0.703. The van der Waals surface area contributed by atoms with Crippen molar-refractivity contribution in [2.45, 2.75) is 6.92 Å². The highest BCUT2D eigenvalue weighted by Crippen LogP contribution is 2.13. The molecule has 26 heavy (non-hydrogen) atoms. The molecule has 1 heterocycles. The molecule has 0 aliphatic carbocycles. The highest BCUT2D eigenvalue weighted by molar-refractivity contribution is 5.95. The van der Waals surface area contributed by atoms with Gasteiger partial charge < -0.3 is 10.1 Å². The molecular weight excluding hydrogens is 337 g/mol. The van der Waals surface area contributed by atoms with E-state index in [0.29, 0.717) is 11.4 Å². The van der Waals surface area contributed by atoms with E-state index in [0.717, 1.165) is 5.56 Å². The van der Waals surface area contributed by atoms with Crippen LogP contribution in [-0.4, -0.2) is 28.0 Å². The van der Waals surface area contributed by atoms with Gasteiger partial charge in [-0.2, -0.15) is 0 Å². The Morgan fingerprint density at radius 2 is 1.81 bits per heavy atom. The summed E-state index contributed by atoms with van der Waals surface area (Å²) in [6.45, 7) is 1.51. The molecule has 0 radical (unpaired) electrons. The Morgan fingerprint density at radius 3 is 2.50 bits per heavy atom. The van der Waals surface area contributed by atoms with Crippen LogP contribution in [0.3, 0.4) is 0 Å². The monoisotopic (exact) mass is 353 g/mol. The van der Waals surface area contributed by atoms with Crippen molar-refractivity contribution in [1.82, 2.24) is 9.55 Å². The van der Waals surface area contributed by atoms with E-state index in [9.17, 15) is 14.0 Å². The Hall–Kier alpha value is -3.48. The molecule has 1 N–H and O–H groups in total. The number of aryl methyl sites for hydroxylation is 1. The second kappa shape index (κ2) is 7.60. The smallest absolute Gasteiger partial charge is 0.357 e. The van der Waals surface area contributed by atoms with Gasteiger partial charge in [0.15, 0.2) is 12.3 Å². The molecule has 3 aromatic rings. The zero-order valence-corrected chi connectivity index (χ0v) is 14.0. The predicted molar refractivity (Wildman–Crippen MR) is 93.6 cm³/mol. The molecule has 0 saturated heterocycles. The Balaban J connectivity index is 1.62. The standard InChI is InChI=1S/C19H16FN3O3/c1-13-2-6-15(7-3-13)22-18(24)11-26-19(25)17-10-21-12-23(17)16-8-4-14(20)5-9-16/h2-10,12H,11H2,1H3,(H,22,24). The van der Waals surface area contributed by atoms with Crippen LogP contribution in [0, 0.1) is 12.7 Å². The molecular formula is C19H16FN3O3. The minimum absolute atomic E-state index is 0.139. The Morgan fingerprint density at radius 1 is 1.12 bits per heavy atom. The molecule has 0 aliphatic heterocycles. The number of ether oxygens (including phenoxy) is 1. The number of hydrogen-bond donors (Lipinski definition) is 1. The van der Waals surface area contributed by atoms with Crippen LogP contribution < -0.4 is 5.32 Å². The first-order chi connectivity index (χ1) is 12.5. The molecule has 0 saturated carbocycles. The Bertz CT molecular complexity index is 918. The van der Waals surface area contributed by atoms with Gasteiger partial charge in [-0.15, -0.1) is 0 Å². The van der Waals surface area contributed by atoms with Crippen molar-refractivity contribution in [2.24, 2.45) is 0 Å². The van der Waals surface area contributed by atoms with E-state index in [2.05, 4.69) is 10.3 Å². The number of anilines is 1. The van der Waals surface area contributed by atoms with E-state index < -0.39 is 18.5 Å². The lowest BCUT2D eigenvalue weighted by molar-refractivity contribution is -0.119. The maximum atomic E-state index is 13.0. The molecule has 0 unspecified atom stereocenters. The van der Waals surface area contributed by atoms with E-state index in [1.54, 1.807) is 12.1 Å². The molecule has 1 amide bonds. The summed E-state index contributed by atoms with van der Waals surface area (Å²) < 4.78 is 19.5. The molecule has 0 spiro atoms. The van der Waals surface area contributed by atoms with Gasteiger partial charge >= 0.3 is 5.97 Å². The average molecular weight is 353 g/mol. The highest BCUT2D eigenvalue weighted by atomic mass is 19.1. The van der Waals surface area contributed by atoms with Gasteiger partial charge in [-0.3, -0.25) is 9.36 Å². The molecule has 1 aromatic heterocycles. The van der Waals surface area contributed by atoms with Crippen molar-refractivity contribution in [3.8, 4) is 5.69 Å². The zero-order valence-electron chi connectivity index (χ0n) is 14.0. The third-order valence-corrected chi connectivity index (χ3v) is 3.62. The number of nitrogens with one attached hydrogen (secondary N) is 1. The lowest BCUT2D eigenvalue weighted by Gasteiger charge is -2.09. The third-order valence-electron chi connectivity index (χ3n) is 3.62. The van der Waals surface area contributed by atoms with Crippen molar-refractivity contribution in [2.75, 3.05) is 11.9 Å². The van der Waals surface area contributed by atoms with E-state index in [4.69, 9.17) is 4.74 Å². The first-order valence-corrected chi connectivity index (χ1v) is 7.85. The lowest BCUT2D eigenvalue weighted by Crippen LogP contribution is -2.21. The largest absolute Gasteiger partial charge is 0.451 e. The van der Waals surface area contributed by atoms with Gasteiger partial charge in [-0.1, -0.05) is 17.7 Å². The number of aromatic nitrogens is 2. The fraction of sp³-hybridized carbons (Fsp3) is 0.105. The van der Waals surface area contributed by atoms with Crippen molar-refractivity contribution < 1.29 is 18.7 Å². The number of halogens is 1. The third kappa shape index (κ3) is 4.13. The first-order valence-electron chi connectivity index (χ1n) is 7.85. The molecule has 3 rings (SSSR count). The number of hydrogen-bond acceptors (Lipinski definition) is 4. The minimum Gasteiger partial charge on any atom is -0.451 e.